The average molecular weight is 2150 g/mol. The number of ether oxygens (including phenoxy) is 20. The second kappa shape index (κ2) is 44.2. The van der Waals surface area contributed by atoms with Crippen LogP contribution < -0.4 is 34.1 Å². The lowest BCUT2D eigenvalue weighted by molar-refractivity contribution is -0.269. The Morgan fingerprint density at radius 1 is 0.264 bits per heavy atom. The zero-order chi connectivity index (χ0) is 99.7. The van der Waals surface area contributed by atoms with Crippen LogP contribution >= 0.6 is 92.8 Å². The van der Waals surface area contributed by atoms with Gasteiger partial charge in [0.05, 0.1) is 151 Å². The largest absolute Gasteiger partial charge is 1.00 e. The highest BCUT2D eigenvalue weighted by atomic mass is 35.5. The van der Waals surface area contributed by atoms with Crippen molar-refractivity contribution in [1.29, 1.82) is 0 Å². The van der Waals surface area contributed by atoms with Crippen molar-refractivity contribution in [3.8, 4) is 0 Å². The normalized spacial score (nSPS) is 28.0. The van der Waals surface area contributed by atoms with Gasteiger partial charge < -0.3 is 136 Å². The molecule has 10 aliphatic heterocycles. The molecule has 0 radical (unpaired) electrons. The molecule has 10 spiro atoms. The molecule has 0 bridgehead atoms. The van der Waals surface area contributed by atoms with Crippen LogP contribution in [-0.2, 0) is 153 Å². The number of nitrogens with zero attached hydrogens (tertiary/aromatic N) is 3. The number of pyridine rings is 4. The Labute approximate surface area is 866 Å². The summed E-state index contributed by atoms with van der Waals surface area (Å²) in [5.74, 6) is -11.5. The number of nitrogens with two attached hydrogens (primary N) is 1. The highest BCUT2D eigenvalue weighted by Crippen LogP contribution is 2.63. The molecule has 766 valence electrons. The molecule has 12 unspecified atom stereocenters. The maximum atomic E-state index is 12.6. The lowest BCUT2D eigenvalue weighted by atomic mass is 9.75. The van der Waals surface area contributed by atoms with E-state index in [0.717, 1.165) is 55.6 Å². The lowest BCUT2D eigenvalue weighted by Crippen LogP contribution is -2.63. The van der Waals surface area contributed by atoms with Crippen molar-refractivity contribution in [2.24, 2.45) is 5.73 Å². The monoisotopic (exact) mass is 2140 g/mol. The Morgan fingerprint density at radius 3 is 0.681 bits per heavy atom. The molecule has 10 saturated heterocycles. The van der Waals surface area contributed by atoms with Crippen LogP contribution in [0.1, 0.15) is 95.9 Å². The number of ketones is 2. The molecule has 34 nitrogen and oxygen atoms in total. The molecule has 26 rings (SSSR count). The molecule has 10 fully saturated rings. The number of Topliss-reactive ketones (excluding diaryl/α,β-unsaturated/α-hetero) is 2. The van der Waals surface area contributed by atoms with Gasteiger partial charge in [-0.25, -0.2) is 0 Å². The van der Waals surface area contributed by atoms with E-state index in [-0.39, 0.29) is 54.6 Å². The van der Waals surface area contributed by atoms with E-state index in [1.807, 2.05) is 121 Å². The van der Waals surface area contributed by atoms with E-state index in [1.54, 1.807) is 111 Å². The number of nitrogens with one attached hydrogen (secondary N) is 1. The average Bonchev–Trinajstić information content (AvgIpc) is 1.65. The van der Waals surface area contributed by atoms with Gasteiger partial charge in [-0.1, -0.05) is 170 Å². The van der Waals surface area contributed by atoms with Gasteiger partial charge in [-0.05, 0) is 24.3 Å². The molecule has 144 heavy (non-hydrogen) atoms. The number of benzene rings is 6. The summed E-state index contributed by atoms with van der Waals surface area (Å²) in [6.45, 7) is 8.86. The van der Waals surface area contributed by atoms with Gasteiger partial charge in [0.25, 0.3) is 16.7 Å². The van der Waals surface area contributed by atoms with E-state index >= 15 is 0 Å². The van der Waals surface area contributed by atoms with Crippen molar-refractivity contribution in [3.05, 3.63) is 351 Å². The highest BCUT2D eigenvalue weighted by Gasteiger charge is 2.71. The van der Waals surface area contributed by atoms with Crippen molar-refractivity contribution in [2.75, 3.05) is 145 Å². The number of hydrogen-bond donors (Lipinski definition) is 5. The maximum absolute atomic E-state index is 12.6. The predicted molar refractivity (Wildman–Crippen MR) is 525 cm³/mol. The molecule has 14 heterocycles. The first-order valence-electron chi connectivity index (χ1n) is 46.6. The topological polar surface area (TPSA) is 419 Å². The van der Waals surface area contributed by atoms with Crippen molar-refractivity contribution in [3.63, 3.8) is 0 Å². The molecule has 8 N–H and O–H groups in total. The summed E-state index contributed by atoms with van der Waals surface area (Å²) in [4.78, 5) is 73.8. The number of fused-ring (bicyclic) bond motifs is 16. The summed E-state index contributed by atoms with van der Waals surface area (Å²) in [6.07, 6.45) is 6.70. The fraction of sp³-hybridized carbons (Fsp3) is 0.431. The molecule has 42 heteroatoms. The van der Waals surface area contributed by atoms with Gasteiger partial charge in [0.2, 0.25) is 63.4 Å². The number of carbonyl (C=O) groups excluding carboxylic acids is 2. The van der Waals surface area contributed by atoms with E-state index in [0.29, 0.717) is 143 Å². The van der Waals surface area contributed by atoms with Gasteiger partial charge in [-0.2, -0.15) is 0 Å². The molecule has 0 amide bonds. The van der Waals surface area contributed by atoms with Crippen molar-refractivity contribution in [2.45, 2.75) is 125 Å². The second-order valence-electron chi connectivity index (χ2n) is 34.7. The number of aliphatic hydroxyl groups is 2. The molecule has 16 aliphatic rings. The number of aromatic amines is 1. The van der Waals surface area contributed by atoms with Crippen LogP contribution in [0.2, 0.25) is 0 Å². The van der Waals surface area contributed by atoms with Crippen LogP contribution in [0, 0.1) is 0 Å². The quantitative estimate of drug-likeness (QED) is 0.102. The predicted octanol–water partition coefficient (Wildman–Crippen LogP) is 11.6. The highest BCUT2D eigenvalue weighted by molar-refractivity contribution is 6.49. The zero-order valence-electron chi connectivity index (χ0n) is 78.2. The van der Waals surface area contributed by atoms with Gasteiger partial charge >= 0.3 is 1.43 Å². The van der Waals surface area contributed by atoms with Gasteiger partial charge in [0.15, 0.2) is 11.6 Å². The third-order valence-electron chi connectivity index (χ3n) is 27.2. The van der Waals surface area contributed by atoms with Gasteiger partial charge in [-0.3, -0.25) is 28.8 Å². The number of aromatic nitrogens is 4. The molecular weight excluding hydrogens is 2040 g/mol. The minimum atomic E-state index is -1.16. The van der Waals surface area contributed by atoms with E-state index < -0.39 is 125 Å². The Hall–Kier alpha value is -8.18. The van der Waals surface area contributed by atoms with Crippen LogP contribution in [-0.4, -0.2) is 235 Å². The summed E-state index contributed by atoms with van der Waals surface area (Å²) < 4.78 is 124. The number of hydrogen-bond acceptors (Lipinski definition) is 30. The van der Waals surface area contributed by atoms with Crippen molar-refractivity contribution < 1.29 is 116 Å². The Bertz CT molecular complexity index is 5830. The minimum absolute atomic E-state index is 0. The molecule has 12 atom stereocenters. The smallest absolute Gasteiger partial charge is 0.394 e. The molecule has 6 aromatic carbocycles. The van der Waals surface area contributed by atoms with Crippen LogP contribution in [0.4, 0.5) is 0 Å². The van der Waals surface area contributed by atoms with Gasteiger partial charge in [0.1, 0.15) is 61.1 Å². The molecule has 0 saturated carbocycles. The van der Waals surface area contributed by atoms with Crippen LogP contribution in [0.5, 0.6) is 0 Å². The number of H-pyrrole nitrogens is 1. The Kier molecular flexibility index (Phi) is 32.4. The Balaban J connectivity index is 0.000000117. The van der Waals surface area contributed by atoms with E-state index in [4.69, 9.17) is 203 Å². The van der Waals surface area contributed by atoms with E-state index in [2.05, 4.69) is 4.98 Å². The van der Waals surface area contributed by atoms with Crippen LogP contribution in [0.3, 0.4) is 0 Å². The summed E-state index contributed by atoms with van der Waals surface area (Å²) in [6, 6.07) is 62.3. The minimum Gasteiger partial charge on any atom is -0.394 e. The molecule has 10 aromatic rings. The summed E-state index contributed by atoms with van der Waals surface area (Å²) in [5, 5.41) is 9.52. The SMILES string of the molecule is ClC1C(Cl)C2(OCCO2)c2ccccc2C12OCCO2.ClC1C(Cl)C2(OCCO2)c2ccccc2C12OCCO2.N.NC1C(n2ccccc2=O)C2(OCCO2)c2ccccc2C12OCCO2.O=C1c2ccccc2C(=O)C(Cl)C1Cl.O=c1cccc[nH]1.O=c1ccccn1C1C(Cl)C2(OCCO2)c2ccccc2C12OCCO2.O=c1ccccn1C1C(Cl)C2(OCCO2)c2ccccc2C12OCCO2.OCCO.[H+]. The fourth-order valence-electron chi connectivity index (χ4n) is 21.4. The summed E-state index contributed by atoms with van der Waals surface area (Å²) in [5.41, 5.74) is 15.0. The van der Waals surface area contributed by atoms with Crippen molar-refractivity contribution in [1.82, 2.24) is 24.8 Å². The van der Waals surface area contributed by atoms with E-state index in [1.165, 1.54) is 24.3 Å². The van der Waals surface area contributed by atoms with Crippen LogP contribution in [0.15, 0.2) is 262 Å². The number of rotatable bonds is 4. The standard InChI is InChI=1S/2C19H18ClNO5.C19H20N2O5.2C14H14Cl2O4.C10H6Cl2O2.C5H5NO.C2H6O2.H3N/c3*20-16-17(21-8-4-3-7-15(21)22)19(25-11-12-26-19)14-6-2-1-5-13(14)18(16)23-9-10-24-18;2*15-11-12(16)14(19-7-8-20-14)10-4-2-1-3-9(10)13(11)17-5-6-18-13;11-7-8(12)10(14)6-4-2-1-3-5(6)9(7)13;7-5-3-1-2-4-6-5;3-1-2-4;/h2*1-8,16-17H,9-12H2;1-8,16-17H,9-12,20H2;2*1-4,11-12H,5-8H2;1-4,7-8H;1-4H,(H,6,7);3-4H,1-2H2;1H3/p+1. The van der Waals surface area contributed by atoms with Gasteiger partial charge in [-0.15, -0.1) is 92.8 Å². The number of alkyl halides is 8. The first kappa shape index (κ1) is 106. The van der Waals surface area contributed by atoms with Crippen molar-refractivity contribution >= 4 is 104 Å². The molecular formula is C102H105Cl8N6O28+. The first-order valence-corrected chi connectivity index (χ1v) is 50.1. The zero-order valence-corrected chi connectivity index (χ0v) is 83.3. The second-order valence-corrected chi connectivity index (χ2v) is 38.5. The third-order valence-corrected chi connectivity index (χ3v) is 31.7. The summed E-state index contributed by atoms with van der Waals surface area (Å²) >= 11 is 51.8. The third kappa shape index (κ3) is 18.0. The number of aliphatic hydroxyl groups excluding tert-OH is 2. The van der Waals surface area contributed by atoms with Crippen LogP contribution in [0.25, 0.3) is 0 Å². The maximum Gasteiger partial charge on any atom is 1.00 e. The number of carbonyl (C=O) groups is 2. The lowest BCUT2D eigenvalue weighted by Gasteiger charge is -2.50. The molecule has 4 aromatic heterocycles. The van der Waals surface area contributed by atoms with E-state index in [9.17, 15) is 28.8 Å². The first-order chi connectivity index (χ1) is 69.4. The summed E-state index contributed by atoms with van der Waals surface area (Å²) in [7, 11) is 0. The Morgan fingerprint density at radius 2 is 0.458 bits per heavy atom. The van der Waals surface area contributed by atoms with Gasteiger partial charge in [0, 0.05) is 116 Å². The fourth-order valence-corrected chi connectivity index (χ4v) is 24.5. The molecule has 6 aliphatic carbocycles. The number of halogens is 8.